The molecular weight excluding hydrogens is 354 g/mol. The normalized spacial score (nSPS) is 14.4. The van der Waals surface area contributed by atoms with E-state index >= 15 is 0 Å². The van der Waals surface area contributed by atoms with E-state index in [-0.39, 0.29) is 0 Å². The number of carbonyl (C=O) groups is 2. The van der Waals surface area contributed by atoms with Crippen LogP contribution in [0.25, 0.3) is 10.4 Å². The van der Waals surface area contributed by atoms with Crippen LogP contribution in [0.2, 0.25) is 0 Å². The maximum atomic E-state index is 9.55. The summed E-state index contributed by atoms with van der Waals surface area (Å²) in [4.78, 5) is 27.2. The predicted octanol–water partition coefficient (Wildman–Crippen LogP) is 2.32. The summed E-state index contributed by atoms with van der Waals surface area (Å²) >= 11 is 1.76. The summed E-state index contributed by atoms with van der Waals surface area (Å²) in [5.41, 5.74) is 2.46. The third kappa shape index (κ3) is 6.66. The maximum Gasteiger partial charge on any atom is 0.328 e. The highest BCUT2D eigenvalue weighted by molar-refractivity contribution is 7.13. The second-order valence-corrected chi connectivity index (χ2v) is 6.46. The van der Waals surface area contributed by atoms with Crippen LogP contribution in [0.4, 0.5) is 5.69 Å². The van der Waals surface area contributed by atoms with Crippen molar-refractivity contribution in [2.75, 3.05) is 31.1 Å². The summed E-state index contributed by atoms with van der Waals surface area (Å²) in [5.74, 6) is -2.51. The van der Waals surface area contributed by atoms with Crippen molar-refractivity contribution in [3.63, 3.8) is 0 Å². The Balaban J connectivity index is 0.000000260. The summed E-state index contributed by atoms with van der Waals surface area (Å²) in [7, 11) is 0. The van der Waals surface area contributed by atoms with Crippen LogP contribution in [-0.4, -0.2) is 53.3 Å². The van der Waals surface area contributed by atoms with E-state index in [9.17, 15) is 9.59 Å². The summed E-state index contributed by atoms with van der Waals surface area (Å²) in [6.45, 7) is 4.36. The van der Waals surface area contributed by atoms with Crippen LogP contribution in [0, 0.1) is 0 Å². The Kier molecular flexibility index (Phi) is 7.78. The molecule has 8 heteroatoms. The zero-order chi connectivity index (χ0) is 18.8. The number of carboxylic acid groups (broad SMARTS) is 2. The average molecular weight is 375 g/mol. The van der Waals surface area contributed by atoms with Gasteiger partial charge < -0.3 is 20.4 Å². The second kappa shape index (κ2) is 10.3. The molecule has 7 nitrogen and oxygen atoms in total. The molecule has 0 spiro atoms. The quantitative estimate of drug-likeness (QED) is 0.705. The standard InChI is InChI=1S/C14H17N3S.C4H4O4/c1-3-14(18-8-1)12-9-13(11-16-10-12)17-6-2-4-15-5-7-17;5-3(6)1-2-4(7)8/h1,3,8-11,15H,2,4-7H2;1-2H,(H,5,6)(H,7,8)/b;2-1+. The molecule has 0 aliphatic carbocycles. The first-order chi connectivity index (χ1) is 12.6. The highest BCUT2D eigenvalue weighted by atomic mass is 32.1. The first kappa shape index (κ1) is 19.6. The zero-order valence-electron chi connectivity index (χ0n) is 14.2. The molecule has 1 saturated heterocycles. The Labute approximate surface area is 155 Å². The molecule has 0 aromatic carbocycles. The minimum absolute atomic E-state index is 0.558. The Morgan fingerprint density at radius 3 is 2.58 bits per heavy atom. The SMILES string of the molecule is O=C(O)/C=C/C(=O)O.c1csc(-c2cncc(N3CCCNCC3)c2)c1. The molecule has 0 amide bonds. The lowest BCUT2D eigenvalue weighted by molar-refractivity contribution is -0.134. The number of thiophene rings is 1. The van der Waals surface area contributed by atoms with E-state index in [1.165, 1.54) is 22.5 Å². The molecule has 0 atom stereocenters. The lowest BCUT2D eigenvalue weighted by atomic mass is 10.2. The maximum absolute atomic E-state index is 9.55. The van der Waals surface area contributed by atoms with Gasteiger partial charge in [0.1, 0.15) is 0 Å². The van der Waals surface area contributed by atoms with E-state index in [1.54, 1.807) is 11.3 Å². The highest BCUT2D eigenvalue weighted by Gasteiger charge is 2.10. The molecule has 138 valence electrons. The van der Waals surface area contributed by atoms with E-state index in [1.807, 2.05) is 12.4 Å². The molecule has 0 radical (unpaired) electrons. The van der Waals surface area contributed by atoms with Crippen molar-refractivity contribution in [3.8, 4) is 10.4 Å². The number of hydrogen-bond acceptors (Lipinski definition) is 6. The van der Waals surface area contributed by atoms with Crippen molar-refractivity contribution in [3.05, 3.63) is 48.1 Å². The molecule has 0 unspecified atom stereocenters. The van der Waals surface area contributed by atoms with E-state index < -0.39 is 11.9 Å². The van der Waals surface area contributed by atoms with Crippen LogP contribution in [-0.2, 0) is 9.59 Å². The summed E-state index contributed by atoms with van der Waals surface area (Å²) in [5, 5.41) is 21.2. The van der Waals surface area contributed by atoms with Gasteiger partial charge in [-0.2, -0.15) is 0 Å². The van der Waals surface area contributed by atoms with Crippen molar-refractivity contribution in [1.29, 1.82) is 0 Å². The van der Waals surface area contributed by atoms with Crippen LogP contribution >= 0.6 is 11.3 Å². The number of rotatable bonds is 4. The molecule has 3 rings (SSSR count). The number of aliphatic carboxylic acids is 2. The second-order valence-electron chi connectivity index (χ2n) is 5.51. The molecule has 2 aromatic rings. The van der Waals surface area contributed by atoms with E-state index in [0.717, 1.165) is 26.2 Å². The van der Waals surface area contributed by atoms with Gasteiger partial charge in [-0.25, -0.2) is 9.59 Å². The first-order valence-electron chi connectivity index (χ1n) is 8.15. The van der Waals surface area contributed by atoms with Gasteiger partial charge in [-0.1, -0.05) is 6.07 Å². The molecule has 3 N–H and O–H groups in total. The van der Waals surface area contributed by atoms with E-state index in [0.29, 0.717) is 12.2 Å². The fourth-order valence-corrected chi connectivity index (χ4v) is 3.13. The number of pyridine rings is 1. The monoisotopic (exact) mass is 375 g/mol. The van der Waals surface area contributed by atoms with Gasteiger partial charge in [-0.05, 0) is 30.5 Å². The molecular formula is C18H21N3O4S. The smallest absolute Gasteiger partial charge is 0.328 e. The minimum Gasteiger partial charge on any atom is -0.478 e. The lowest BCUT2D eigenvalue weighted by Gasteiger charge is -2.22. The van der Waals surface area contributed by atoms with Crippen LogP contribution in [0.1, 0.15) is 6.42 Å². The van der Waals surface area contributed by atoms with Gasteiger partial charge in [0, 0.05) is 48.4 Å². The van der Waals surface area contributed by atoms with Gasteiger partial charge >= 0.3 is 11.9 Å². The number of aromatic nitrogens is 1. The van der Waals surface area contributed by atoms with Crippen LogP contribution in [0.3, 0.4) is 0 Å². The fourth-order valence-electron chi connectivity index (χ4n) is 2.42. The summed E-state index contributed by atoms with van der Waals surface area (Å²) < 4.78 is 0. The Morgan fingerprint density at radius 1 is 1.15 bits per heavy atom. The third-order valence-electron chi connectivity index (χ3n) is 3.60. The first-order valence-corrected chi connectivity index (χ1v) is 9.03. The highest BCUT2D eigenvalue weighted by Crippen LogP contribution is 2.27. The lowest BCUT2D eigenvalue weighted by Crippen LogP contribution is -2.27. The van der Waals surface area contributed by atoms with Gasteiger partial charge in [0.2, 0.25) is 0 Å². The number of hydrogen-bond donors (Lipinski definition) is 3. The minimum atomic E-state index is -1.26. The number of carboxylic acids is 2. The zero-order valence-corrected chi connectivity index (χ0v) is 15.0. The molecule has 1 fully saturated rings. The predicted molar refractivity (Wildman–Crippen MR) is 102 cm³/mol. The molecule has 0 bridgehead atoms. The molecule has 1 aliphatic heterocycles. The third-order valence-corrected chi connectivity index (χ3v) is 4.52. The van der Waals surface area contributed by atoms with Crippen molar-refractivity contribution in [2.24, 2.45) is 0 Å². The van der Waals surface area contributed by atoms with Crippen LogP contribution < -0.4 is 10.2 Å². The van der Waals surface area contributed by atoms with Crippen molar-refractivity contribution in [2.45, 2.75) is 6.42 Å². The van der Waals surface area contributed by atoms with Crippen LogP contribution in [0.5, 0.6) is 0 Å². The molecule has 0 saturated carbocycles. The number of nitrogens with zero attached hydrogens (tertiary/aromatic N) is 2. The summed E-state index contributed by atoms with van der Waals surface area (Å²) in [6, 6.07) is 6.49. The van der Waals surface area contributed by atoms with Crippen LogP contribution in [0.15, 0.2) is 48.1 Å². The fraction of sp³-hybridized carbons (Fsp3) is 0.278. The number of anilines is 1. The largest absolute Gasteiger partial charge is 0.478 e. The summed E-state index contributed by atoms with van der Waals surface area (Å²) in [6.07, 6.45) is 6.24. The van der Waals surface area contributed by atoms with Crippen molar-refractivity contribution < 1.29 is 19.8 Å². The van der Waals surface area contributed by atoms with Crippen molar-refractivity contribution >= 4 is 29.0 Å². The average Bonchev–Trinajstić information content (AvgIpc) is 3.03. The van der Waals surface area contributed by atoms with Gasteiger partial charge in [-0.3, -0.25) is 4.98 Å². The molecule has 26 heavy (non-hydrogen) atoms. The van der Waals surface area contributed by atoms with Gasteiger partial charge in [-0.15, -0.1) is 11.3 Å². The van der Waals surface area contributed by atoms with Gasteiger partial charge in [0.15, 0.2) is 0 Å². The van der Waals surface area contributed by atoms with Crippen molar-refractivity contribution in [1.82, 2.24) is 10.3 Å². The molecule has 2 aromatic heterocycles. The number of nitrogens with one attached hydrogen (secondary N) is 1. The topological polar surface area (TPSA) is 103 Å². The van der Waals surface area contributed by atoms with Gasteiger partial charge in [0.05, 0.1) is 11.9 Å². The van der Waals surface area contributed by atoms with E-state index in [2.05, 4.69) is 38.8 Å². The molecule has 3 heterocycles. The Morgan fingerprint density at radius 2 is 1.92 bits per heavy atom. The Bertz CT molecular complexity index is 723. The molecule has 1 aliphatic rings. The van der Waals surface area contributed by atoms with Gasteiger partial charge in [0.25, 0.3) is 0 Å². The van der Waals surface area contributed by atoms with E-state index in [4.69, 9.17) is 10.2 Å². The Hall–Kier alpha value is -2.71.